The molecule has 106 valence electrons. The van der Waals surface area contributed by atoms with Crippen LogP contribution in [0.1, 0.15) is 37.7 Å². The van der Waals surface area contributed by atoms with E-state index < -0.39 is 10.0 Å². The Balaban J connectivity index is 2.26. The van der Waals surface area contributed by atoms with E-state index in [1.165, 1.54) is 12.5 Å². The standard InChI is InChI=1S/C13H17BrClNO2S/c1-9-7-11(14)13(8-12(9)15)19(17,18)16-10-5-3-2-4-6-10/h7-8,10,16H,2-6H2,1H3. The molecule has 1 aliphatic carbocycles. The second-order valence-corrected chi connectivity index (χ2v) is 7.93. The number of rotatable bonds is 3. The fraction of sp³-hybridized carbons (Fsp3) is 0.538. The Bertz CT molecular complexity index is 568. The zero-order valence-electron chi connectivity index (χ0n) is 10.7. The van der Waals surface area contributed by atoms with Crippen molar-refractivity contribution in [1.29, 1.82) is 0 Å². The molecular weight excluding hydrogens is 350 g/mol. The Labute approximate surface area is 127 Å². The number of benzene rings is 1. The van der Waals surface area contributed by atoms with Gasteiger partial charge in [0, 0.05) is 15.5 Å². The highest BCUT2D eigenvalue weighted by molar-refractivity contribution is 9.10. The first-order valence-corrected chi connectivity index (χ1v) is 9.03. The molecule has 0 aromatic heterocycles. The third kappa shape index (κ3) is 3.72. The second kappa shape index (κ2) is 6.12. The molecule has 19 heavy (non-hydrogen) atoms. The average molecular weight is 367 g/mol. The zero-order chi connectivity index (χ0) is 14.0. The minimum Gasteiger partial charge on any atom is -0.208 e. The first kappa shape index (κ1) is 15.3. The molecule has 0 heterocycles. The molecule has 0 aliphatic heterocycles. The number of halogens is 2. The van der Waals surface area contributed by atoms with E-state index in [0.717, 1.165) is 31.2 Å². The lowest BCUT2D eigenvalue weighted by atomic mass is 9.96. The maximum absolute atomic E-state index is 12.4. The van der Waals surface area contributed by atoms with Gasteiger partial charge in [-0.15, -0.1) is 0 Å². The van der Waals surface area contributed by atoms with E-state index in [-0.39, 0.29) is 10.9 Å². The van der Waals surface area contributed by atoms with Gasteiger partial charge in [-0.25, -0.2) is 13.1 Å². The molecule has 0 atom stereocenters. The number of nitrogens with one attached hydrogen (secondary N) is 1. The predicted octanol–water partition coefficient (Wildman–Crippen LogP) is 4.02. The van der Waals surface area contributed by atoms with Gasteiger partial charge in [0.15, 0.2) is 0 Å². The van der Waals surface area contributed by atoms with Gasteiger partial charge in [0.05, 0.1) is 4.90 Å². The van der Waals surface area contributed by atoms with Crippen LogP contribution in [0.25, 0.3) is 0 Å². The molecule has 2 rings (SSSR count). The van der Waals surface area contributed by atoms with E-state index in [1.54, 1.807) is 6.07 Å². The maximum atomic E-state index is 12.4. The van der Waals surface area contributed by atoms with Crippen LogP contribution in [0.3, 0.4) is 0 Å². The second-order valence-electron chi connectivity index (χ2n) is 4.99. The molecule has 1 fully saturated rings. The number of aryl methyl sites for hydroxylation is 1. The van der Waals surface area contributed by atoms with Gasteiger partial charge in [0.25, 0.3) is 0 Å². The largest absolute Gasteiger partial charge is 0.241 e. The average Bonchev–Trinajstić information content (AvgIpc) is 2.34. The highest BCUT2D eigenvalue weighted by atomic mass is 79.9. The van der Waals surface area contributed by atoms with Crippen LogP contribution in [0.2, 0.25) is 5.02 Å². The van der Waals surface area contributed by atoms with Crippen molar-refractivity contribution >= 4 is 37.6 Å². The van der Waals surface area contributed by atoms with Crippen molar-refractivity contribution in [2.75, 3.05) is 0 Å². The van der Waals surface area contributed by atoms with Crippen LogP contribution in [-0.2, 0) is 10.0 Å². The minimum atomic E-state index is -3.51. The van der Waals surface area contributed by atoms with Gasteiger partial charge >= 0.3 is 0 Å². The Morgan fingerprint density at radius 3 is 2.53 bits per heavy atom. The molecule has 1 aromatic rings. The lowest BCUT2D eigenvalue weighted by molar-refractivity contribution is 0.412. The normalized spacial score (nSPS) is 17.6. The molecule has 1 aliphatic rings. The fourth-order valence-corrected chi connectivity index (χ4v) is 5.05. The summed E-state index contributed by atoms with van der Waals surface area (Å²) in [7, 11) is -3.51. The summed E-state index contributed by atoms with van der Waals surface area (Å²) in [6, 6.07) is 3.29. The molecule has 0 spiro atoms. The van der Waals surface area contributed by atoms with Gasteiger partial charge < -0.3 is 0 Å². The lowest BCUT2D eigenvalue weighted by Crippen LogP contribution is -2.36. The van der Waals surface area contributed by atoms with Crippen LogP contribution in [-0.4, -0.2) is 14.5 Å². The van der Waals surface area contributed by atoms with Gasteiger partial charge in [-0.1, -0.05) is 30.9 Å². The van der Waals surface area contributed by atoms with E-state index in [1.807, 2.05) is 6.92 Å². The summed E-state index contributed by atoms with van der Waals surface area (Å²) in [5.41, 5.74) is 0.852. The third-order valence-corrected chi connectivity index (χ3v) is 6.32. The van der Waals surface area contributed by atoms with Crippen molar-refractivity contribution in [3.05, 3.63) is 27.2 Å². The molecule has 1 aromatic carbocycles. The number of hydrogen-bond acceptors (Lipinski definition) is 2. The van der Waals surface area contributed by atoms with Gasteiger partial charge in [-0.2, -0.15) is 0 Å². The molecule has 0 bridgehead atoms. The first-order chi connectivity index (χ1) is 8.90. The van der Waals surface area contributed by atoms with Crippen LogP contribution < -0.4 is 4.72 Å². The summed E-state index contributed by atoms with van der Waals surface area (Å²) < 4.78 is 28.1. The van der Waals surface area contributed by atoms with Gasteiger partial charge in [-0.05, 0) is 53.4 Å². The van der Waals surface area contributed by atoms with Crippen molar-refractivity contribution in [1.82, 2.24) is 4.72 Å². The van der Waals surface area contributed by atoms with E-state index in [4.69, 9.17) is 11.6 Å². The summed E-state index contributed by atoms with van der Waals surface area (Å²) in [6.07, 6.45) is 5.19. The van der Waals surface area contributed by atoms with E-state index in [9.17, 15) is 8.42 Å². The molecule has 0 amide bonds. The number of hydrogen-bond donors (Lipinski definition) is 1. The first-order valence-electron chi connectivity index (χ1n) is 6.38. The molecule has 1 saturated carbocycles. The Morgan fingerprint density at radius 1 is 1.26 bits per heavy atom. The van der Waals surface area contributed by atoms with Gasteiger partial charge in [0.2, 0.25) is 10.0 Å². The Morgan fingerprint density at radius 2 is 1.89 bits per heavy atom. The van der Waals surface area contributed by atoms with Crippen LogP contribution in [0.4, 0.5) is 0 Å². The van der Waals surface area contributed by atoms with E-state index in [0.29, 0.717) is 9.50 Å². The molecule has 0 radical (unpaired) electrons. The smallest absolute Gasteiger partial charge is 0.208 e. The van der Waals surface area contributed by atoms with Crippen LogP contribution >= 0.6 is 27.5 Å². The predicted molar refractivity (Wildman–Crippen MR) is 81.1 cm³/mol. The van der Waals surface area contributed by atoms with E-state index in [2.05, 4.69) is 20.7 Å². The Kier molecular flexibility index (Phi) is 4.93. The minimum absolute atomic E-state index is 0.0470. The Hall–Kier alpha value is -0.100. The summed E-state index contributed by atoms with van der Waals surface area (Å²) in [5.74, 6) is 0. The van der Waals surface area contributed by atoms with Crippen molar-refractivity contribution in [2.45, 2.75) is 50.0 Å². The van der Waals surface area contributed by atoms with Crippen molar-refractivity contribution in [3.63, 3.8) is 0 Å². The summed E-state index contributed by atoms with van der Waals surface area (Å²) in [4.78, 5) is 0.216. The van der Waals surface area contributed by atoms with Gasteiger partial charge in [0.1, 0.15) is 0 Å². The molecule has 1 N–H and O–H groups in total. The fourth-order valence-electron chi connectivity index (χ4n) is 2.34. The van der Waals surface area contributed by atoms with Crippen molar-refractivity contribution < 1.29 is 8.42 Å². The highest BCUT2D eigenvalue weighted by Gasteiger charge is 2.24. The quantitative estimate of drug-likeness (QED) is 0.878. The molecule has 0 unspecified atom stereocenters. The zero-order valence-corrected chi connectivity index (χ0v) is 13.9. The molecular formula is C13H17BrClNO2S. The van der Waals surface area contributed by atoms with E-state index >= 15 is 0 Å². The lowest BCUT2D eigenvalue weighted by Gasteiger charge is -2.23. The SMILES string of the molecule is Cc1cc(Br)c(S(=O)(=O)NC2CCCCC2)cc1Cl. The van der Waals surface area contributed by atoms with Gasteiger partial charge in [-0.3, -0.25) is 0 Å². The summed E-state index contributed by atoms with van der Waals surface area (Å²) in [5, 5.41) is 0.465. The highest BCUT2D eigenvalue weighted by Crippen LogP contribution is 2.29. The molecule has 6 heteroatoms. The van der Waals surface area contributed by atoms with Crippen molar-refractivity contribution in [3.8, 4) is 0 Å². The van der Waals surface area contributed by atoms with Crippen LogP contribution in [0, 0.1) is 6.92 Å². The summed E-state index contributed by atoms with van der Waals surface area (Å²) >= 11 is 9.33. The monoisotopic (exact) mass is 365 g/mol. The molecule has 0 saturated heterocycles. The molecule has 3 nitrogen and oxygen atoms in total. The topological polar surface area (TPSA) is 46.2 Å². The van der Waals surface area contributed by atoms with Crippen molar-refractivity contribution in [2.24, 2.45) is 0 Å². The number of sulfonamides is 1. The third-order valence-electron chi connectivity index (χ3n) is 3.43. The van der Waals surface area contributed by atoms with Crippen LogP contribution in [0.5, 0.6) is 0 Å². The summed E-state index contributed by atoms with van der Waals surface area (Å²) in [6.45, 7) is 1.85. The van der Waals surface area contributed by atoms with Crippen LogP contribution in [0.15, 0.2) is 21.5 Å². The maximum Gasteiger partial charge on any atom is 0.241 e.